The number of para-hydroxylation sites is 1. The van der Waals surface area contributed by atoms with E-state index in [0.717, 1.165) is 5.39 Å². The van der Waals surface area contributed by atoms with Gasteiger partial charge in [0.15, 0.2) is 6.61 Å². The molecule has 1 amide bonds. The van der Waals surface area contributed by atoms with Crippen molar-refractivity contribution in [1.82, 2.24) is 5.32 Å². The van der Waals surface area contributed by atoms with Gasteiger partial charge in [-0.05, 0) is 26.8 Å². The van der Waals surface area contributed by atoms with Crippen LogP contribution in [-0.2, 0) is 20.9 Å². The third-order valence-electron chi connectivity index (χ3n) is 3.12. The zero-order chi connectivity index (χ0) is 16.8. The van der Waals surface area contributed by atoms with E-state index in [1.165, 1.54) is 0 Å². The molecule has 23 heavy (non-hydrogen) atoms. The molecule has 6 nitrogen and oxygen atoms in total. The fourth-order valence-corrected chi connectivity index (χ4v) is 2.17. The zero-order valence-corrected chi connectivity index (χ0v) is 13.5. The van der Waals surface area contributed by atoms with Gasteiger partial charge in [0.2, 0.25) is 5.76 Å². The van der Waals surface area contributed by atoms with Crippen molar-refractivity contribution in [2.75, 3.05) is 13.2 Å². The van der Waals surface area contributed by atoms with Crippen molar-refractivity contribution < 1.29 is 23.5 Å². The third-order valence-corrected chi connectivity index (χ3v) is 3.12. The molecule has 1 N–H and O–H groups in total. The molecule has 0 bridgehead atoms. The maximum absolute atomic E-state index is 12.2. The third kappa shape index (κ3) is 4.32. The van der Waals surface area contributed by atoms with Gasteiger partial charge >= 0.3 is 5.97 Å². The highest BCUT2D eigenvalue weighted by atomic mass is 16.5. The highest BCUT2D eigenvalue weighted by molar-refractivity contribution is 5.96. The van der Waals surface area contributed by atoms with Gasteiger partial charge in [-0.1, -0.05) is 18.2 Å². The van der Waals surface area contributed by atoms with Crippen LogP contribution >= 0.6 is 0 Å². The van der Waals surface area contributed by atoms with E-state index in [4.69, 9.17) is 13.9 Å². The highest BCUT2D eigenvalue weighted by Crippen LogP contribution is 2.27. The number of amides is 1. The standard InChI is InChI=1S/C17H21NO5/c1-4-21-9-13-12-7-5-6-8-14(12)23-16(13)17(20)22-10-15(19)18-11(2)3/h5-8,11H,4,9-10H2,1-3H3,(H,18,19). The summed E-state index contributed by atoms with van der Waals surface area (Å²) >= 11 is 0. The first-order chi connectivity index (χ1) is 11.0. The lowest BCUT2D eigenvalue weighted by molar-refractivity contribution is -0.124. The minimum Gasteiger partial charge on any atom is -0.450 e. The lowest BCUT2D eigenvalue weighted by atomic mass is 10.1. The lowest BCUT2D eigenvalue weighted by Crippen LogP contribution is -2.34. The van der Waals surface area contributed by atoms with Crippen LogP contribution in [0.3, 0.4) is 0 Å². The second kappa shape index (κ2) is 7.78. The van der Waals surface area contributed by atoms with Crippen LogP contribution in [0.15, 0.2) is 28.7 Å². The number of hydrogen-bond donors (Lipinski definition) is 1. The van der Waals surface area contributed by atoms with Gasteiger partial charge in [0.25, 0.3) is 5.91 Å². The van der Waals surface area contributed by atoms with Gasteiger partial charge in [-0.25, -0.2) is 4.79 Å². The molecule has 0 saturated heterocycles. The van der Waals surface area contributed by atoms with E-state index < -0.39 is 5.97 Å². The number of benzene rings is 1. The maximum Gasteiger partial charge on any atom is 0.375 e. The van der Waals surface area contributed by atoms with Gasteiger partial charge < -0.3 is 19.2 Å². The Morgan fingerprint density at radius 2 is 2.00 bits per heavy atom. The number of ether oxygens (including phenoxy) is 2. The maximum atomic E-state index is 12.2. The SMILES string of the molecule is CCOCc1c(C(=O)OCC(=O)NC(C)C)oc2ccccc12. The molecule has 1 aromatic carbocycles. The van der Waals surface area contributed by atoms with Crippen LogP contribution in [0.1, 0.15) is 36.9 Å². The summed E-state index contributed by atoms with van der Waals surface area (Å²) in [5.74, 6) is -0.942. The number of hydrogen-bond acceptors (Lipinski definition) is 5. The van der Waals surface area contributed by atoms with Gasteiger partial charge in [-0.3, -0.25) is 4.79 Å². The topological polar surface area (TPSA) is 77.8 Å². The van der Waals surface area contributed by atoms with Crippen LogP contribution in [-0.4, -0.2) is 31.1 Å². The van der Waals surface area contributed by atoms with Crippen LogP contribution < -0.4 is 5.32 Å². The van der Waals surface area contributed by atoms with Crippen molar-refractivity contribution in [2.24, 2.45) is 0 Å². The fraction of sp³-hybridized carbons (Fsp3) is 0.412. The molecule has 0 aliphatic carbocycles. The summed E-state index contributed by atoms with van der Waals surface area (Å²) in [5.41, 5.74) is 1.22. The van der Waals surface area contributed by atoms with Crippen molar-refractivity contribution in [1.29, 1.82) is 0 Å². The number of carbonyl (C=O) groups excluding carboxylic acids is 2. The van der Waals surface area contributed by atoms with E-state index >= 15 is 0 Å². The molecule has 2 rings (SSSR count). The van der Waals surface area contributed by atoms with Crippen LogP contribution in [0, 0.1) is 0 Å². The van der Waals surface area contributed by atoms with Gasteiger partial charge in [-0.15, -0.1) is 0 Å². The Kier molecular flexibility index (Phi) is 5.76. The van der Waals surface area contributed by atoms with E-state index in [-0.39, 0.29) is 30.9 Å². The highest BCUT2D eigenvalue weighted by Gasteiger charge is 2.22. The summed E-state index contributed by atoms with van der Waals surface area (Å²) < 4.78 is 16.0. The number of nitrogens with one attached hydrogen (secondary N) is 1. The Hall–Kier alpha value is -2.34. The quantitative estimate of drug-likeness (QED) is 0.794. The van der Waals surface area contributed by atoms with Crippen LogP contribution in [0.2, 0.25) is 0 Å². The number of esters is 1. The van der Waals surface area contributed by atoms with Gasteiger partial charge in [0.1, 0.15) is 5.58 Å². The van der Waals surface area contributed by atoms with Gasteiger partial charge in [0, 0.05) is 23.6 Å². The van der Waals surface area contributed by atoms with Crippen LogP contribution in [0.4, 0.5) is 0 Å². The fourth-order valence-electron chi connectivity index (χ4n) is 2.17. The smallest absolute Gasteiger partial charge is 0.375 e. The Morgan fingerprint density at radius 3 is 2.70 bits per heavy atom. The molecule has 0 radical (unpaired) electrons. The molecule has 6 heteroatoms. The number of rotatable bonds is 7. The first kappa shape index (κ1) is 17.0. The molecule has 0 spiro atoms. The molecular weight excluding hydrogens is 298 g/mol. The summed E-state index contributed by atoms with van der Waals surface area (Å²) in [7, 11) is 0. The predicted octanol–water partition coefficient (Wildman–Crippen LogP) is 2.65. The average molecular weight is 319 g/mol. The second-order valence-corrected chi connectivity index (χ2v) is 5.34. The zero-order valence-electron chi connectivity index (χ0n) is 13.5. The van der Waals surface area contributed by atoms with Crippen molar-refractivity contribution in [3.8, 4) is 0 Å². The molecular formula is C17H21NO5. The van der Waals surface area contributed by atoms with E-state index in [9.17, 15) is 9.59 Å². The van der Waals surface area contributed by atoms with Crippen molar-refractivity contribution in [2.45, 2.75) is 33.4 Å². The van der Waals surface area contributed by atoms with E-state index in [1.54, 1.807) is 6.07 Å². The number of furan rings is 1. The molecule has 0 saturated carbocycles. The minimum atomic E-state index is -0.671. The Balaban J connectivity index is 2.17. The average Bonchev–Trinajstić information content (AvgIpc) is 2.88. The Bertz CT molecular complexity index is 689. The summed E-state index contributed by atoms with van der Waals surface area (Å²) in [5, 5.41) is 3.46. The molecule has 1 heterocycles. The summed E-state index contributed by atoms with van der Waals surface area (Å²) in [4.78, 5) is 23.8. The summed E-state index contributed by atoms with van der Waals surface area (Å²) in [6, 6.07) is 7.29. The molecule has 0 fully saturated rings. The molecule has 1 aromatic heterocycles. The minimum absolute atomic E-state index is 0.0130. The Labute approximate surface area is 134 Å². The Morgan fingerprint density at radius 1 is 1.26 bits per heavy atom. The lowest BCUT2D eigenvalue weighted by Gasteiger charge is -2.08. The molecule has 124 valence electrons. The predicted molar refractivity (Wildman–Crippen MR) is 85.1 cm³/mol. The normalized spacial score (nSPS) is 11.0. The molecule has 0 unspecified atom stereocenters. The molecule has 0 aliphatic rings. The van der Waals surface area contributed by atoms with E-state index in [1.807, 2.05) is 39.0 Å². The van der Waals surface area contributed by atoms with E-state index in [0.29, 0.717) is 17.8 Å². The van der Waals surface area contributed by atoms with Gasteiger partial charge in [0.05, 0.1) is 6.61 Å². The monoisotopic (exact) mass is 319 g/mol. The van der Waals surface area contributed by atoms with Crippen molar-refractivity contribution >= 4 is 22.8 Å². The first-order valence-electron chi connectivity index (χ1n) is 7.57. The molecule has 2 aromatic rings. The first-order valence-corrected chi connectivity index (χ1v) is 7.57. The van der Waals surface area contributed by atoms with Gasteiger partial charge in [-0.2, -0.15) is 0 Å². The summed E-state index contributed by atoms with van der Waals surface area (Å²) in [6.45, 7) is 5.96. The summed E-state index contributed by atoms with van der Waals surface area (Å²) in [6.07, 6.45) is 0. The van der Waals surface area contributed by atoms with Crippen molar-refractivity contribution in [3.63, 3.8) is 0 Å². The van der Waals surface area contributed by atoms with Crippen molar-refractivity contribution in [3.05, 3.63) is 35.6 Å². The molecule has 0 aliphatic heterocycles. The van der Waals surface area contributed by atoms with Crippen LogP contribution in [0.25, 0.3) is 11.0 Å². The second-order valence-electron chi connectivity index (χ2n) is 5.34. The van der Waals surface area contributed by atoms with Crippen LogP contribution in [0.5, 0.6) is 0 Å². The van der Waals surface area contributed by atoms with E-state index in [2.05, 4.69) is 5.32 Å². The number of fused-ring (bicyclic) bond motifs is 1. The molecule has 0 atom stereocenters. The number of carbonyl (C=O) groups is 2. The largest absolute Gasteiger partial charge is 0.450 e.